The lowest BCUT2D eigenvalue weighted by Crippen LogP contribution is -2.21. The average Bonchev–Trinajstić information content (AvgIpc) is 2.19. The van der Waals surface area contributed by atoms with Crippen LogP contribution in [0.3, 0.4) is 0 Å². The van der Waals surface area contributed by atoms with Crippen LogP contribution in [-0.2, 0) is 11.3 Å². The zero-order valence-electron chi connectivity index (χ0n) is 7.21. The third-order valence-electron chi connectivity index (χ3n) is 2.15. The normalized spacial score (nSPS) is 14.7. The summed E-state index contributed by atoms with van der Waals surface area (Å²) in [5.41, 5.74) is 1.37. The number of fused-ring (bicyclic) bond motifs is 1. The second kappa shape index (κ2) is 3.53. The minimum Gasteiger partial charge on any atom is -0.304 e. The molecule has 1 aliphatic rings. The van der Waals surface area contributed by atoms with Gasteiger partial charge in [-0.05, 0) is 33.6 Å². The number of hydrogen-bond acceptors (Lipinski definition) is 1. The Balaban J connectivity index is 2.53. The molecule has 0 spiro atoms. The highest BCUT2D eigenvalue weighted by atomic mass is 79.9. The third kappa shape index (κ3) is 1.46. The first-order chi connectivity index (χ1) is 6.72. The number of carbonyl (C=O) groups excluding carboxylic acids is 1. The lowest BCUT2D eigenvalue weighted by Gasteiger charge is -2.23. The van der Waals surface area contributed by atoms with Gasteiger partial charge in [-0.2, -0.15) is 0 Å². The highest BCUT2D eigenvalue weighted by Gasteiger charge is 2.17. The zero-order chi connectivity index (χ0) is 10.1. The quantitative estimate of drug-likeness (QED) is 0.558. The van der Waals surface area contributed by atoms with Crippen molar-refractivity contribution in [1.29, 1.82) is 0 Å². The molecule has 0 saturated heterocycles. The van der Waals surface area contributed by atoms with Crippen LogP contribution in [-0.4, -0.2) is 11.3 Å². The minimum atomic E-state index is -0.259. The molecule has 0 aromatic heterocycles. The Hall–Kier alpha value is -1.16. The van der Waals surface area contributed by atoms with Crippen molar-refractivity contribution in [3.8, 4) is 0 Å². The number of nitrogens with zero attached hydrogens (tertiary/aromatic N) is 1. The summed E-state index contributed by atoms with van der Waals surface area (Å²) in [6.45, 7) is 0.410. The summed E-state index contributed by atoms with van der Waals surface area (Å²) in [5.74, 6) is -0.259. The molecule has 0 saturated carbocycles. The Labute approximate surface area is 89.2 Å². The van der Waals surface area contributed by atoms with Crippen molar-refractivity contribution in [2.75, 3.05) is 0 Å². The predicted octanol–water partition coefficient (Wildman–Crippen LogP) is 2.49. The van der Waals surface area contributed by atoms with Gasteiger partial charge in [0.05, 0.1) is 11.2 Å². The molecule has 0 unspecified atom stereocenters. The minimum absolute atomic E-state index is 0.259. The molecule has 14 heavy (non-hydrogen) atoms. The average molecular weight is 256 g/mol. The summed E-state index contributed by atoms with van der Waals surface area (Å²) in [4.78, 5) is 12.1. The topological polar surface area (TPSA) is 20.3 Å². The predicted molar refractivity (Wildman–Crippen MR) is 54.9 cm³/mol. The first-order valence-electron chi connectivity index (χ1n) is 4.09. The van der Waals surface area contributed by atoms with Gasteiger partial charge in [-0.15, -0.1) is 0 Å². The molecule has 0 aliphatic carbocycles. The Morgan fingerprint density at radius 2 is 2.29 bits per heavy atom. The van der Waals surface area contributed by atoms with Gasteiger partial charge in [-0.25, -0.2) is 4.39 Å². The molecule has 4 heteroatoms. The summed E-state index contributed by atoms with van der Waals surface area (Å²) in [5, 5.41) is 0. The highest BCUT2D eigenvalue weighted by molar-refractivity contribution is 9.11. The van der Waals surface area contributed by atoms with E-state index in [-0.39, 0.29) is 5.82 Å². The lowest BCUT2D eigenvalue weighted by molar-refractivity contribution is -0.116. The summed E-state index contributed by atoms with van der Waals surface area (Å²) < 4.78 is 13.9. The van der Waals surface area contributed by atoms with E-state index < -0.39 is 0 Å². The van der Waals surface area contributed by atoms with E-state index in [1.165, 1.54) is 11.0 Å². The van der Waals surface area contributed by atoms with Crippen molar-refractivity contribution in [2.45, 2.75) is 6.54 Å². The van der Waals surface area contributed by atoms with Gasteiger partial charge in [0.15, 0.2) is 0 Å². The van der Waals surface area contributed by atoms with Crippen molar-refractivity contribution >= 4 is 28.4 Å². The molecular weight excluding hydrogens is 249 g/mol. The van der Waals surface area contributed by atoms with Gasteiger partial charge in [-0.1, -0.05) is 12.1 Å². The number of rotatable bonds is 1. The molecule has 0 atom stereocenters. The fraction of sp³-hybridized carbons (Fsp3) is 0.100. The highest BCUT2D eigenvalue weighted by Crippen LogP contribution is 2.28. The van der Waals surface area contributed by atoms with E-state index in [2.05, 4.69) is 15.9 Å². The van der Waals surface area contributed by atoms with Gasteiger partial charge < -0.3 is 4.90 Å². The van der Waals surface area contributed by atoms with Gasteiger partial charge in [-0.3, -0.25) is 4.79 Å². The van der Waals surface area contributed by atoms with Crippen LogP contribution in [0.1, 0.15) is 11.1 Å². The van der Waals surface area contributed by atoms with Crippen molar-refractivity contribution in [3.05, 3.63) is 39.7 Å². The fourth-order valence-electron chi connectivity index (χ4n) is 1.43. The van der Waals surface area contributed by atoms with Crippen LogP contribution in [0.4, 0.5) is 4.39 Å². The molecule has 0 N–H and O–H groups in total. The maximum absolute atomic E-state index is 13.3. The number of carbonyl (C=O) groups is 1. The van der Waals surface area contributed by atoms with Crippen LogP contribution in [0, 0.1) is 5.82 Å². The molecule has 2 rings (SSSR count). The van der Waals surface area contributed by atoms with E-state index >= 15 is 0 Å². The number of halogens is 2. The molecule has 1 aromatic rings. The summed E-state index contributed by atoms with van der Waals surface area (Å²) in [6, 6.07) is 4.86. The van der Waals surface area contributed by atoms with Crippen LogP contribution in [0.2, 0.25) is 0 Å². The summed E-state index contributed by atoms with van der Waals surface area (Å²) in [6.07, 6.45) is 2.33. The molecule has 1 aliphatic heterocycles. The molecule has 72 valence electrons. The number of amides is 1. The summed E-state index contributed by atoms with van der Waals surface area (Å²) >= 11 is 3.21. The maximum atomic E-state index is 13.3. The fourth-order valence-corrected chi connectivity index (χ4v) is 1.87. The largest absolute Gasteiger partial charge is 0.304 e. The second-order valence-electron chi connectivity index (χ2n) is 3.01. The zero-order valence-corrected chi connectivity index (χ0v) is 8.79. The SMILES string of the molecule is O=CN1Cc2cccc(F)c2C=C1Br. The summed E-state index contributed by atoms with van der Waals surface area (Å²) in [7, 11) is 0. The Kier molecular flexibility index (Phi) is 2.37. The van der Waals surface area contributed by atoms with Gasteiger partial charge in [0.25, 0.3) is 0 Å². The van der Waals surface area contributed by atoms with Crippen LogP contribution < -0.4 is 0 Å². The van der Waals surface area contributed by atoms with Gasteiger partial charge in [0.1, 0.15) is 5.82 Å². The standard InChI is InChI=1S/C10H7BrFNO/c11-10-4-8-7(5-13(10)6-14)2-1-3-9(8)12/h1-4,6H,5H2. The number of hydrogen-bond donors (Lipinski definition) is 0. The maximum Gasteiger partial charge on any atom is 0.214 e. The molecule has 0 bridgehead atoms. The van der Waals surface area contributed by atoms with Gasteiger partial charge in [0.2, 0.25) is 6.41 Å². The Bertz CT molecular complexity index is 417. The smallest absolute Gasteiger partial charge is 0.214 e. The van der Waals surface area contributed by atoms with Crippen LogP contribution in [0.15, 0.2) is 22.8 Å². The molecule has 1 aromatic carbocycles. The Morgan fingerprint density at radius 3 is 3.00 bits per heavy atom. The van der Waals surface area contributed by atoms with E-state index in [9.17, 15) is 9.18 Å². The molecule has 0 radical (unpaired) electrons. The van der Waals surface area contributed by atoms with Crippen LogP contribution in [0.25, 0.3) is 6.08 Å². The van der Waals surface area contributed by atoms with Crippen LogP contribution >= 0.6 is 15.9 Å². The molecule has 2 nitrogen and oxygen atoms in total. The van der Waals surface area contributed by atoms with E-state index in [1.807, 2.05) is 6.07 Å². The first-order valence-corrected chi connectivity index (χ1v) is 4.88. The van der Waals surface area contributed by atoms with Gasteiger partial charge in [0, 0.05) is 5.56 Å². The molecule has 1 amide bonds. The third-order valence-corrected chi connectivity index (χ3v) is 2.83. The second-order valence-corrected chi connectivity index (χ2v) is 3.83. The van der Waals surface area contributed by atoms with E-state index in [4.69, 9.17) is 0 Å². The number of benzene rings is 1. The first kappa shape index (κ1) is 9.40. The van der Waals surface area contributed by atoms with Crippen LogP contribution in [0.5, 0.6) is 0 Å². The monoisotopic (exact) mass is 255 g/mol. The van der Waals surface area contributed by atoms with Crippen molar-refractivity contribution in [1.82, 2.24) is 4.90 Å². The molecule has 0 fully saturated rings. The van der Waals surface area contributed by atoms with E-state index in [1.54, 1.807) is 12.1 Å². The lowest BCUT2D eigenvalue weighted by atomic mass is 10.0. The van der Waals surface area contributed by atoms with E-state index in [0.717, 1.165) is 5.56 Å². The van der Waals surface area contributed by atoms with Crippen molar-refractivity contribution in [2.24, 2.45) is 0 Å². The van der Waals surface area contributed by atoms with Crippen molar-refractivity contribution < 1.29 is 9.18 Å². The Morgan fingerprint density at radius 1 is 1.50 bits per heavy atom. The van der Waals surface area contributed by atoms with Gasteiger partial charge >= 0.3 is 0 Å². The van der Waals surface area contributed by atoms with E-state index in [0.29, 0.717) is 23.1 Å². The molecule has 1 heterocycles. The van der Waals surface area contributed by atoms with Crippen molar-refractivity contribution in [3.63, 3.8) is 0 Å². The molecular formula is C10H7BrFNO.